The Bertz CT molecular complexity index is 1740. The average molecular weight is 617 g/mol. The van der Waals surface area contributed by atoms with Gasteiger partial charge >= 0.3 is 0 Å². The second-order valence-electron chi connectivity index (χ2n) is 11.9. The lowest BCUT2D eigenvalue weighted by Gasteiger charge is -2.40. The van der Waals surface area contributed by atoms with Crippen LogP contribution in [0, 0.1) is 0 Å². The predicted molar refractivity (Wildman–Crippen MR) is 158 cm³/mol. The average Bonchev–Trinajstić information content (AvgIpc) is 3.28. The number of hydrogen-bond acceptors (Lipinski definition) is 11. The van der Waals surface area contributed by atoms with Gasteiger partial charge in [-0.2, -0.15) is 0 Å². The van der Waals surface area contributed by atoms with Crippen LogP contribution in [0.2, 0.25) is 0 Å². The van der Waals surface area contributed by atoms with Crippen molar-refractivity contribution in [3.05, 3.63) is 106 Å². The van der Waals surface area contributed by atoms with Crippen LogP contribution in [0.3, 0.4) is 0 Å². The molecule has 1 aliphatic heterocycles. The van der Waals surface area contributed by atoms with Gasteiger partial charge in [0.1, 0.15) is 58.9 Å². The maximum atomic E-state index is 11.6. The van der Waals surface area contributed by atoms with Gasteiger partial charge in [-0.1, -0.05) is 24.3 Å². The lowest BCUT2D eigenvalue weighted by atomic mass is 9.63. The predicted octanol–water partition coefficient (Wildman–Crippen LogP) is 2.55. The fourth-order valence-electron chi connectivity index (χ4n) is 7.50. The molecule has 1 unspecified atom stereocenters. The summed E-state index contributed by atoms with van der Waals surface area (Å²) in [6.07, 6.45) is -7.59. The van der Waals surface area contributed by atoms with Crippen molar-refractivity contribution >= 4 is 0 Å². The van der Waals surface area contributed by atoms with Crippen molar-refractivity contribution in [2.45, 2.75) is 54.4 Å². The Balaban J connectivity index is 1.42. The number of aliphatic hydroxyl groups is 4. The van der Waals surface area contributed by atoms with Gasteiger partial charge in [0.15, 0.2) is 0 Å². The van der Waals surface area contributed by atoms with E-state index < -0.39 is 55.1 Å². The van der Waals surface area contributed by atoms with E-state index in [0.29, 0.717) is 22.3 Å². The first-order valence-electron chi connectivity index (χ1n) is 14.5. The zero-order valence-corrected chi connectivity index (χ0v) is 23.7. The monoisotopic (exact) mass is 616 g/mol. The van der Waals surface area contributed by atoms with E-state index in [1.165, 1.54) is 12.1 Å². The molecule has 9 atom stereocenters. The molecule has 45 heavy (non-hydrogen) atoms. The number of aliphatic hydroxyl groups excluding tert-OH is 4. The zero-order valence-electron chi connectivity index (χ0n) is 23.7. The number of rotatable bonds is 5. The molecule has 4 aromatic rings. The van der Waals surface area contributed by atoms with Gasteiger partial charge in [0.2, 0.25) is 6.29 Å². The van der Waals surface area contributed by atoms with Gasteiger partial charge in [0.05, 0.1) is 6.61 Å². The van der Waals surface area contributed by atoms with Crippen LogP contribution in [0.4, 0.5) is 0 Å². The van der Waals surface area contributed by atoms with Gasteiger partial charge in [-0.15, -0.1) is 0 Å². The molecule has 0 amide bonds. The number of ether oxygens (including phenoxy) is 2. The Hall–Kier alpha value is -4.52. The summed E-state index contributed by atoms with van der Waals surface area (Å²) in [5.41, 5.74) is 3.89. The molecule has 3 aliphatic rings. The first-order valence-corrected chi connectivity index (χ1v) is 14.5. The zero-order chi connectivity index (χ0) is 31.7. The fraction of sp³-hybridized carbons (Fsp3) is 0.294. The summed E-state index contributed by atoms with van der Waals surface area (Å²) < 4.78 is 11.5. The Morgan fingerprint density at radius 2 is 1.18 bits per heavy atom. The van der Waals surface area contributed by atoms with Crippen molar-refractivity contribution in [1.82, 2.24) is 0 Å². The quantitative estimate of drug-likeness (QED) is 0.160. The number of benzene rings is 4. The fourth-order valence-corrected chi connectivity index (χ4v) is 7.50. The van der Waals surface area contributed by atoms with E-state index in [4.69, 9.17) is 9.47 Å². The molecular weight excluding hydrogens is 584 g/mol. The van der Waals surface area contributed by atoms with Gasteiger partial charge in [0, 0.05) is 46.9 Å². The molecule has 234 valence electrons. The van der Waals surface area contributed by atoms with Crippen molar-refractivity contribution in [3.63, 3.8) is 0 Å². The summed E-state index contributed by atoms with van der Waals surface area (Å²) in [7, 11) is 0. The highest BCUT2D eigenvalue weighted by Gasteiger charge is 2.54. The topological polar surface area (TPSA) is 201 Å². The Morgan fingerprint density at radius 3 is 1.82 bits per heavy atom. The summed E-state index contributed by atoms with van der Waals surface area (Å²) >= 11 is 0. The van der Waals surface area contributed by atoms with Gasteiger partial charge in [-0.3, -0.25) is 0 Å². The maximum Gasteiger partial charge on any atom is 0.229 e. The largest absolute Gasteiger partial charge is 0.508 e. The third kappa shape index (κ3) is 4.63. The minimum absolute atomic E-state index is 0.0531. The van der Waals surface area contributed by atoms with Gasteiger partial charge in [-0.05, 0) is 58.7 Å². The standard InChI is InChI=1S/C34H32O11/c35-13-24-31(41)32(42)33(43)34(45-24)44-19-11-21-28(23(40)12-19)30-20-9-18(38)10-22(39)27(20)25(14-1-5-16(36)6-2-14)29(21)26(30)15-3-7-17(37)8-4-15/h1-12,24-26,29-43H,13H2/t24-,25-,26?,29+,30-,31-,32+,33-,34-/m1/s1. The van der Waals surface area contributed by atoms with Gasteiger partial charge in [0.25, 0.3) is 0 Å². The van der Waals surface area contributed by atoms with Crippen LogP contribution in [0.15, 0.2) is 72.8 Å². The molecule has 11 heteroatoms. The second kappa shape index (κ2) is 10.8. The molecule has 2 bridgehead atoms. The number of phenols is 5. The summed E-state index contributed by atoms with van der Waals surface area (Å²) in [5.74, 6) is -2.15. The van der Waals surface area contributed by atoms with Crippen LogP contribution in [0.25, 0.3) is 0 Å². The van der Waals surface area contributed by atoms with Crippen molar-refractivity contribution in [3.8, 4) is 34.5 Å². The Kier molecular flexibility index (Phi) is 7.03. The first-order chi connectivity index (χ1) is 21.6. The molecule has 0 aromatic heterocycles. The molecule has 2 aliphatic carbocycles. The van der Waals surface area contributed by atoms with E-state index in [0.717, 1.165) is 11.1 Å². The minimum atomic E-state index is -1.67. The summed E-state index contributed by atoms with van der Waals surface area (Å²) in [5, 5.41) is 94.3. The van der Waals surface area contributed by atoms with Crippen LogP contribution in [0.5, 0.6) is 34.5 Å². The van der Waals surface area contributed by atoms with Crippen LogP contribution >= 0.6 is 0 Å². The highest BCUT2D eigenvalue weighted by Crippen LogP contribution is 2.68. The van der Waals surface area contributed by atoms with E-state index in [2.05, 4.69) is 0 Å². The van der Waals surface area contributed by atoms with Gasteiger partial charge < -0.3 is 55.4 Å². The van der Waals surface area contributed by atoms with Gasteiger partial charge in [-0.25, -0.2) is 0 Å². The molecule has 11 nitrogen and oxygen atoms in total. The summed E-state index contributed by atoms with van der Waals surface area (Å²) in [4.78, 5) is 0. The van der Waals surface area contributed by atoms with Crippen molar-refractivity contribution in [2.24, 2.45) is 0 Å². The van der Waals surface area contributed by atoms with E-state index in [1.807, 2.05) is 0 Å². The molecule has 7 rings (SSSR count). The molecule has 4 aromatic carbocycles. The minimum Gasteiger partial charge on any atom is -0.508 e. The normalized spacial score (nSPS) is 30.0. The first kappa shape index (κ1) is 29.2. The molecule has 1 heterocycles. The number of fused-ring (bicyclic) bond motifs is 7. The molecule has 0 spiro atoms. The highest BCUT2D eigenvalue weighted by atomic mass is 16.7. The van der Waals surface area contributed by atoms with E-state index >= 15 is 0 Å². The molecule has 0 saturated carbocycles. The van der Waals surface area contributed by atoms with Crippen LogP contribution < -0.4 is 4.74 Å². The number of phenolic OH excluding ortho intramolecular Hbond substituents is 5. The Labute approximate surface area is 257 Å². The third-order valence-electron chi connectivity index (χ3n) is 9.39. The van der Waals surface area contributed by atoms with Crippen molar-refractivity contribution in [2.75, 3.05) is 6.61 Å². The van der Waals surface area contributed by atoms with E-state index in [9.17, 15) is 46.0 Å². The highest BCUT2D eigenvalue weighted by molar-refractivity contribution is 5.68. The molecule has 1 saturated heterocycles. The molecule has 9 N–H and O–H groups in total. The van der Waals surface area contributed by atoms with Crippen LogP contribution in [0.1, 0.15) is 57.1 Å². The second-order valence-corrected chi connectivity index (χ2v) is 11.9. The summed E-state index contributed by atoms with van der Waals surface area (Å²) in [6, 6.07) is 19.2. The summed E-state index contributed by atoms with van der Waals surface area (Å²) in [6.45, 7) is -0.638. The SMILES string of the molecule is OC[C@H]1O[C@@H](Oc2cc(O)c3c(c2)[C@@H]2C(c4ccc(O)cc4)[C@H]3c3cc(O)cc(O)c3[C@H]2c2ccc(O)cc2)[C@H](O)[C@@H](O)[C@@H]1O. The Morgan fingerprint density at radius 1 is 0.578 bits per heavy atom. The number of hydrogen-bond donors (Lipinski definition) is 9. The lowest BCUT2D eigenvalue weighted by molar-refractivity contribution is -0.277. The van der Waals surface area contributed by atoms with Crippen LogP contribution in [-0.2, 0) is 4.74 Å². The number of aromatic hydroxyl groups is 5. The molecule has 1 fully saturated rings. The molecular formula is C34H32O11. The van der Waals surface area contributed by atoms with E-state index in [1.54, 1.807) is 60.7 Å². The van der Waals surface area contributed by atoms with Crippen molar-refractivity contribution < 1.29 is 55.4 Å². The third-order valence-corrected chi connectivity index (χ3v) is 9.39. The smallest absolute Gasteiger partial charge is 0.229 e. The van der Waals surface area contributed by atoms with Crippen molar-refractivity contribution in [1.29, 1.82) is 0 Å². The molecule has 0 radical (unpaired) electrons. The maximum absolute atomic E-state index is 11.6. The lowest BCUT2D eigenvalue weighted by Crippen LogP contribution is -2.60. The van der Waals surface area contributed by atoms with E-state index in [-0.39, 0.29) is 40.4 Å². The van der Waals surface area contributed by atoms with Crippen LogP contribution in [-0.4, -0.2) is 83.3 Å².